The van der Waals surface area contributed by atoms with Crippen LogP contribution in [0, 0.1) is 18.3 Å². The molecular weight excluding hydrogens is 404 g/mol. The average molecular weight is 422 g/mol. The van der Waals surface area contributed by atoms with Crippen molar-refractivity contribution in [1.29, 1.82) is 5.26 Å². The van der Waals surface area contributed by atoms with Crippen LogP contribution in [0.25, 0.3) is 16.4 Å². The van der Waals surface area contributed by atoms with Crippen LogP contribution in [-0.4, -0.2) is 46.8 Å². The van der Waals surface area contributed by atoms with Crippen LogP contribution >= 0.6 is 0 Å². The Bertz CT molecular complexity index is 1430. The molecule has 0 spiro atoms. The van der Waals surface area contributed by atoms with Gasteiger partial charge in [0.05, 0.1) is 17.6 Å². The maximum atomic E-state index is 13.2. The standard InChI is InChI=1S/C20H18N6O3S/c1-13-7-14-9-16(11-21)24-20(14)18(8-13)30(28,29)25(2)12-19(27)23-15-4-6-26-17(10-15)3-5-22-26/h3-10,24H,12H2,1-2H3,(H,23,27). The molecule has 2 N–H and O–H groups in total. The summed E-state index contributed by atoms with van der Waals surface area (Å²) in [5, 5.41) is 16.5. The second-order valence-corrected chi connectivity index (χ2v) is 8.96. The van der Waals surface area contributed by atoms with E-state index in [0.29, 0.717) is 16.6 Å². The second kappa shape index (κ2) is 7.29. The summed E-state index contributed by atoms with van der Waals surface area (Å²) in [4.78, 5) is 15.3. The van der Waals surface area contributed by atoms with E-state index in [1.54, 1.807) is 54.2 Å². The molecule has 0 saturated heterocycles. The van der Waals surface area contributed by atoms with E-state index in [9.17, 15) is 13.2 Å². The van der Waals surface area contributed by atoms with E-state index in [-0.39, 0.29) is 17.1 Å². The summed E-state index contributed by atoms with van der Waals surface area (Å²) in [7, 11) is -2.63. The van der Waals surface area contributed by atoms with Crippen molar-refractivity contribution in [2.75, 3.05) is 18.9 Å². The maximum Gasteiger partial charge on any atom is 0.245 e. The molecule has 0 aliphatic heterocycles. The molecule has 30 heavy (non-hydrogen) atoms. The molecule has 0 atom stereocenters. The lowest BCUT2D eigenvalue weighted by atomic mass is 10.2. The number of likely N-dealkylation sites (N-methyl/N-ethyl adjacent to an activating group) is 1. The lowest BCUT2D eigenvalue weighted by molar-refractivity contribution is -0.116. The van der Waals surface area contributed by atoms with E-state index in [0.717, 1.165) is 15.4 Å². The Morgan fingerprint density at radius 1 is 1.30 bits per heavy atom. The van der Waals surface area contributed by atoms with Crippen molar-refractivity contribution >= 4 is 38.0 Å². The first-order chi connectivity index (χ1) is 14.3. The molecule has 3 aromatic heterocycles. The Morgan fingerprint density at radius 2 is 2.10 bits per heavy atom. The van der Waals surface area contributed by atoms with Crippen LogP contribution in [0.1, 0.15) is 11.3 Å². The highest BCUT2D eigenvalue weighted by atomic mass is 32.2. The zero-order valence-electron chi connectivity index (χ0n) is 16.2. The molecule has 1 amide bonds. The number of anilines is 1. The lowest BCUT2D eigenvalue weighted by Gasteiger charge is -2.18. The molecule has 0 aliphatic carbocycles. The molecule has 4 aromatic rings. The summed E-state index contributed by atoms with van der Waals surface area (Å²) in [6.07, 6.45) is 3.34. The number of carbonyl (C=O) groups excluding carboxylic acids is 1. The molecule has 152 valence electrons. The number of nitriles is 1. The van der Waals surface area contributed by atoms with Gasteiger partial charge in [-0.05, 0) is 48.9 Å². The highest BCUT2D eigenvalue weighted by molar-refractivity contribution is 7.89. The molecule has 0 radical (unpaired) electrons. The van der Waals surface area contributed by atoms with Crippen LogP contribution in [0.15, 0.2) is 53.7 Å². The van der Waals surface area contributed by atoms with E-state index in [1.807, 2.05) is 6.07 Å². The maximum absolute atomic E-state index is 13.2. The van der Waals surface area contributed by atoms with E-state index < -0.39 is 15.9 Å². The number of amides is 1. The predicted octanol–water partition coefficient (Wildman–Crippen LogP) is 2.25. The first-order valence-corrected chi connectivity index (χ1v) is 10.4. The van der Waals surface area contributed by atoms with Crippen LogP contribution in [0.2, 0.25) is 0 Å². The smallest absolute Gasteiger partial charge is 0.245 e. The minimum atomic E-state index is -3.98. The van der Waals surface area contributed by atoms with Crippen molar-refractivity contribution in [2.24, 2.45) is 0 Å². The predicted molar refractivity (Wildman–Crippen MR) is 111 cm³/mol. The van der Waals surface area contributed by atoms with Gasteiger partial charge in [-0.25, -0.2) is 12.9 Å². The minimum absolute atomic E-state index is 0.0231. The molecule has 4 rings (SSSR count). The van der Waals surface area contributed by atoms with Gasteiger partial charge in [0.15, 0.2) is 0 Å². The quantitative estimate of drug-likeness (QED) is 0.511. The van der Waals surface area contributed by atoms with Gasteiger partial charge >= 0.3 is 0 Å². The zero-order chi connectivity index (χ0) is 21.5. The van der Waals surface area contributed by atoms with E-state index in [2.05, 4.69) is 15.4 Å². The number of H-pyrrole nitrogens is 1. The second-order valence-electron chi connectivity index (χ2n) is 6.95. The number of hydrogen-bond acceptors (Lipinski definition) is 5. The number of benzene rings is 1. The molecule has 9 nitrogen and oxygen atoms in total. The Hall–Kier alpha value is -3.68. The van der Waals surface area contributed by atoms with Crippen molar-refractivity contribution in [3.05, 3.63) is 60.0 Å². The van der Waals surface area contributed by atoms with Crippen LogP contribution < -0.4 is 5.32 Å². The number of aromatic nitrogens is 3. The first-order valence-electron chi connectivity index (χ1n) is 9.01. The number of nitrogens with one attached hydrogen (secondary N) is 2. The summed E-state index contributed by atoms with van der Waals surface area (Å²) >= 11 is 0. The Labute approximate surface area is 172 Å². The zero-order valence-corrected chi connectivity index (χ0v) is 17.1. The molecule has 10 heteroatoms. The number of nitrogens with zero attached hydrogens (tertiary/aromatic N) is 4. The third kappa shape index (κ3) is 3.52. The highest BCUT2D eigenvalue weighted by Gasteiger charge is 2.26. The largest absolute Gasteiger partial charge is 0.345 e. The number of hydrogen-bond donors (Lipinski definition) is 2. The third-order valence-electron chi connectivity index (χ3n) is 4.69. The monoisotopic (exact) mass is 422 g/mol. The number of aryl methyl sites for hydroxylation is 1. The number of fused-ring (bicyclic) bond motifs is 2. The summed E-state index contributed by atoms with van der Waals surface area (Å²) < 4.78 is 29.0. The molecule has 1 aromatic carbocycles. The lowest BCUT2D eigenvalue weighted by Crippen LogP contribution is -2.35. The molecule has 3 heterocycles. The number of aromatic amines is 1. The summed E-state index contributed by atoms with van der Waals surface area (Å²) in [6.45, 7) is 1.41. The van der Waals surface area contributed by atoms with Crippen LogP contribution in [-0.2, 0) is 14.8 Å². The van der Waals surface area contributed by atoms with Gasteiger partial charge in [-0.15, -0.1) is 0 Å². The SMILES string of the molecule is Cc1cc(S(=O)(=O)N(C)CC(=O)Nc2ccn3nccc3c2)c2[nH]c(C#N)cc2c1. The van der Waals surface area contributed by atoms with Gasteiger partial charge in [0, 0.05) is 30.5 Å². The van der Waals surface area contributed by atoms with Crippen molar-refractivity contribution in [1.82, 2.24) is 18.9 Å². The van der Waals surface area contributed by atoms with Gasteiger partial charge in [-0.2, -0.15) is 14.7 Å². The van der Waals surface area contributed by atoms with Crippen LogP contribution in [0.3, 0.4) is 0 Å². The van der Waals surface area contributed by atoms with Crippen molar-refractivity contribution in [2.45, 2.75) is 11.8 Å². The minimum Gasteiger partial charge on any atom is -0.345 e. The van der Waals surface area contributed by atoms with Crippen LogP contribution in [0.4, 0.5) is 5.69 Å². The fourth-order valence-corrected chi connectivity index (χ4v) is 4.66. The van der Waals surface area contributed by atoms with Crippen LogP contribution in [0.5, 0.6) is 0 Å². The number of rotatable bonds is 5. The topological polar surface area (TPSA) is 123 Å². The normalized spacial score (nSPS) is 11.8. The Kier molecular flexibility index (Phi) is 4.77. The molecule has 0 unspecified atom stereocenters. The van der Waals surface area contributed by atoms with Crippen molar-refractivity contribution in [3.63, 3.8) is 0 Å². The molecule has 0 saturated carbocycles. The van der Waals surface area contributed by atoms with Gasteiger partial charge in [0.1, 0.15) is 16.7 Å². The summed E-state index contributed by atoms with van der Waals surface area (Å²) in [6, 6.07) is 12.1. The van der Waals surface area contributed by atoms with Crippen molar-refractivity contribution < 1.29 is 13.2 Å². The van der Waals surface area contributed by atoms with E-state index in [1.165, 1.54) is 13.1 Å². The summed E-state index contributed by atoms with van der Waals surface area (Å²) in [5.74, 6) is -0.474. The highest BCUT2D eigenvalue weighted by Crippen LogP contribution is 2.27. The van der Waals surface area contributed by atoms with Gasteiger partial charge in [-0.1, -0.05) is 0 Å². The molecule has 0 fully saturated rings. The molecular formula is C20H18N6O3S. The Balaban J connectivity index is 1.58. The van der Waals surface area contributed by atoms with E-state index in [4.69, 9.17) is 5.26 Å². The molecule has 0 aliphatic rings. The van der Waals surface area contributed by atoms with Gasteiger partial charge in [-0.3, -0.25) is 4.79 Å². The first kappa shape index (κ1) is 19.6. The average Bonchev–Trinajstić information content (AvgIpc) is 3.32. The number of pyridine rings is 1. The Morgan fingerprint density at radius 3 is 2.87 bits per heavy atom. The number of carbonyl (C=O) groups is 1. The van der Waals surface area contributed by atoms with Gasteiger partial charge in [0.25, 0.3) is 0 Å². The van der Waals surface area contributed by atoms with Gasteiger partial charge in [0.2, 0.25) is 15.9 Å². The summed E-state index contributed by atoms with van der Waals surface area (Å²) in [5.41, 5.74) is 2.69. The molecule has 0 bridgehead atoms. The van der Waals surface area contributed by atoms with Gasteiger partial charge < -0.3 is 10.3 Å². The number of sulfonamides is 1. The fraction of sp³-hybridized carbons (Fsp3) is 0.150. The third-order valence-corrected chi connectivity index (χ3v) is 6.52. The van der Waals surface area contributed by atoms with Crippen molar-refractivity contribution in [3.8, 4) is 6.07 Å². The van der Waals surface area contributed by atoms with E-state index >= 15 is 0 Å². The fourth-order valence-electron chi connectivity index (χ4n) is 3.27.